The number of ether oxygens (including phenoxy) is 1. The van der Waals surface area contributed by atoms with Gasteiger partial charge in [0.2, 0.25) is 0 Å². The van der Waals surface area contributed by atoms with Crippen LogP contribution in [0.1, 0.15) is 36.5 Å². The number of aromatic carboxylic acids is 1. The molecule has 110 valence electrons. The van der Waals surface area contributed by atoms with Gasteiger partial charge in [-0.1, -0.05) is 19.4 Å². The van der Waals surface area contributed by atoms with E-state index in [9.17, 15) is 4.79 Å². The molecule has 1 saturated carbocycles. The SMILES string of the molecule is CCN(CCOc1cccc(C(=O)O)c1)CC1CCC1. The molecule has 0 radical (unpaired) electrons. The van der Waals surface area contributed by atoms with Crippen molar-refractivity contribution in [3.8, 4) is 5.75 Å². The van der Waals surface area contributed by atoms with Gasteiger partial charge in [0.05, 0.1) is 5.56 Å². The molecule has 0 saturated heterocycles. The van der Waals surface area contributed by atoms with Crippen molar-refractivity contribution in [3.63, 3.8) is 0 Å². The Hall–Kier alpha value is -1.55. The van der Waals surface area contributed by atoms with Crippen LogP contribution in [-0.2, 0) is 0 Å². The first-order valence-corrected chi connectivity index (χ1v) is 7.37. The molecule has 20 heavy (non-hydrogen) atoms. The van der Waals surface area contributed by atoms with Crippen LogP contribution in [0.3, 0.4) is 0 Å². The Balaban J connectivity index is 1.76. The highest BCUT2D eigenvalue weighted by Gasteiger charge is 2.19. The van der Waals surface area contributed by atoms with E-state index < -0.39 is 5.97 Å². The molecule has 0 aliphatic heterocycles. The van der Waals surface area contributed by atoms with Crippen molar-refractivity contribution >= 4 is 5.97 Å². The van der Waals surface area contributed by atoms with Gasteiger partial charge in [-0.25, -0.2) is 4.79 Å². The van der Waals surface area contributed by atoms with Crippen molar-refractivity contribution in [2.24, 2.45) is 5.92 Å². The quantitative estimate of drug-likeness (QED) is 0.794. The fourth-order valence-electron chi connectivity index (χ4n) is 2.43. The minimum Gasteiger partial charge on any atom is -0.492 e. The Kier molecular flexibility index (Phi) is 5.41. The molecule has 1 N–H and O–H groups in total. The van der Waals surface area contributed by atoms with Crippen molar-refractivity contribution in [2.45, 2.75) is 26.2 Å². The molecule has 0 heterocycles. The summed E-state index contributed by atoms with van der Waals surface area (Å²) in [6.07, 6.45) is 4.09. The molecule has 1 fully saturated rings. The maximum Gasteiger partial charge on any atom is 0.335 e. The van der Waals surface area contributed by atoms with Gasteiger partial charge in [-0.05, 0) is 43.5 Å². The summed E-state index contributed by atoms with van der Waals surface area (Å²) in [4.78, 5) is 13.3. The number of carboxylic acid groups (broad SMARTS) is 1. The second-order valence-electron chi connectivity index (χ2n) is 5.37. The van der Waals surface area contributed by atoms with Crippen molar-refractivity contribution < 1.29 is 14.6 Å². The van der Waals surface area contributed by atoms with Crippen LogP contribution < -0.4 is 4.74 Å². The third-order valence-corrected chi connectivity index (χ3v) is 3.95. The second-order valence-corrected chi connectivity index (χ2v) is 5.37. The predicted molar refractivity (Wildman–Crippen MR) is 78.4 cm³/mol. The number of benzene rings is 1. The molecule has 0 aromatic heterocycles. The molecule has 1 aromatic rings. The number of hydrogen-bond donors (Lipinski definition) is 1. The molecule has 0 amide bonds. The van der Waals surface area contributed by atoms with Gasteiger partial charge >= 0.3 is 5.97 Å². The Bertz CT molecular complexity index is 443. The normalized spacial score (nSPS) is 15.1. The molecule has 0 spiro atoms. The van der Waals surface area contributed by atoms with E-state index in [4.69, 9.17) is 9.84 Å². The standard InChI is InChI=1S/C16H23NO3/c1-2-17(12-13-5-3-6-13)9-10-20-15-8-4-7-14(11-15)16(18)19/h4,7-8,11,13H,2-3,5-6,9-10,12H2,1H3,(H,18,19). The third kappa shape index (κ3) is 4.23. The summed E-state index contributed by atoms with van der Waals surface area (Å²) in [6, 6.07) is 6.66. The lowest BCUT2D eigenvalue weighted by Crippen LogP contribution is -2.35. The van der Waals surface area contributed by atoms with Crippen LogP contribution >= 0.6 is 0 Å². The number of likely N-dealkylation sites (N-methyl/N-ethyl adjacent to an activating group) is 1. The highest BCUT2D eigenvalue weighted by Crippen LogP contribution is 2.26. The third-order valence-electron chi connectivity index (χ3n) is 3.95. The molecule has 0 bridgehead atoms. The topological polar surface area (TPSA) is 49.8 Å². The van der Waals surface area contributed by atoms with Gasteiger partial charge in [0, 0.05) is 13.1 Å². The minimum absolute atomic E-state index is 0.268. The zero-order chi connectivity index (χ0) is 14.4. The number of nitrogens with zero attached hydrogens (tertiary/aromatic N) is 1. The van der Waals surface area contributed by atoms with Gasteiger partial charge in [0.15, 0.2) is 0 Å². The van der Waals surface area contributed by atoms with Crippen molar-refractivity contribution in [1.82, 2.24) is 4.90 Å². The highest BCUT2D eigenvalue weighted by atomic mass is 16.5. The van der Waals surface area contributed by atoms with Crippen LogP contribution in [0.2, 0.25) is 0 Å². The van der Waals surface area contributed by atoms with E-state index in [0.29, 0.717) is 12.4 Å². The van der Waals surface area contributed by atoms with Gasteiger partial charge < -0.3 is 9.84 Å². The first-order chi connectivity index (χ1) is 9.69. The van der Waals surface area contributed by atoms with Crippen molar-refractivity contribution in [1.29, 1.82) is 0 Å². The van der Waals surface area contributed by atoms with Gasteiger partial charge in [0.1, 0.15) is 12.4 Å². The van der Waals surface area contributed by atoms with Gasteiger partial charge in [-0.3, -0.25) is 4.90 Å². The first-order valence-electron chi connectivity index (χ1n) is 7.37. The van der Waals surface area contributed by atoms with Gasteiger partial charge in [-0.2, -0.15) is 0 Å². The molecule has 1 aliphatic rings. The summed E-state index contributed by atoms with van der Waals surface area (Å²) in [7, 11) is 0. The van der Waals surface area contributed by atoms with Crippen molar-refractivity contribution in [2.75, 3.05) is 26.2 Å². The summed E-state index contributed by atoms with van der Waals surface area (Å²) in [6.45, 7) is 5.86. The molecule has 2 rings (SSSR count). The molecule has 0 atom stereocenters. The Morgan fingerprint density at radius 1 is 1.45 bits per heavy atom. The average Bonchev–Trinajstić information content (AvgIpc) is 2.41. The van der Waals surface area contributed by atoms with E-state index in [0.717, 1.165) is 25.6 Å². The minimum atomic E-state index is -0.921. The molecular weight excluding hydrogens is 254 g/mol. The number of hydrogen-bond acceptors (Lipinski definition) is 3. The number of rotatable bonds is 8. The Morgan fingerprint density at radius 3 is 2.85 bits per heavy atom. The molecule has 4 heteroatoms. The van der Waals surface area contributed by atoms with Crippen molar-refractivity contribution in [3.05, 3.63) is 29.8 Å². The largest absolute Gasteiger partial charge is 0.492 e. The molecule has 4 nitrogen and oxygen atoms in total. The maximum atomic E-state index is 10.9. The van der Waals surface area contributed by atoms with E-state index in [2.05, 4.69) is 11.8 Å². The van der Waals surface area contributed by atoms with Crippen LogP contribution in [0.15, 0.2) is 24.3 Å². The average molecular weight is 277 g/mol. The van der Waals surface area contributed by atoms with Gasteiger partial charge in [-0.15, -0.1) is 0 Å². The number of carboxylic acids is 1. The zero-order valence-electron chi connectivity index (χ0n) is 12.0. The van der Waals surface area contributed by atoms with Crippen LogP contribution in [0.5, 0.6) is 5.75 Å². The summed E-state index contributed by atoms with van der Waals surface area (Å²) in [5.41, 5.74) is 0.268. The van der Waals surface area contributed by atoms with Crippen LogP contribution in [0, 0.1) is 5.92 Å². The summed E-state index contributed by atoms with van der Waals surface area (Å²) < 4.78 is 5.66. The fourth-order valence-corrected chi connectivity index (χ4v) is 2.43. The van der Waals surface area contributed by atoms with E-state index in [-0.39, 0.29) is 5.56 Å². The van der Waals surface area contributed by atoms with Crippen LogP contribution in [0.4, 0.5) is 0 Å². The Morgan fingerprint density at radius 2 is 2.25 bits per heavy atom. The van der Waals surface area contributed by atoms with E-state index in [1.165, 1.54) is 19.3 Å². The zero-order valence-corrected chi connectivity index (χ0v) is 12.0. The molecular formula is C16H23NO3. The maximum absolute atomic E-state index is 10.9. The van der Waals surface area contributed by atoms with E-state index in [1.54, 1.807) is 24.3 Å². The number of carbonyl (C=O) groups is 1. The molecule has 0 unspecified atom stereocenters. The fraction of sp³-hybridized carbons (Fsp3) is 0.562. The van der Waals surface area contributed by atoms with Crippen LogP contribution in [0.25, 0.3) is 0 Å². The molecule has 1 aromatic carbocycles. The summed E-state index contributed by atoms with van der Waals surface area (Å²) in [5, 5.41) is 8.93. The van der Waals surface area contributed by atoms with E-state index >= 15 is 0 Å². The van der Waals surface area contributed by atoms with Gasteiger partial charge in [0.25, 0.3) is 0 Å². The monoisotopic (exact) mass is 277 g/mol. The summed E-state index contributed by atoms with van der Waals surface area (Å²) in [5.74, 6) is 0.575. The smallest absolute Gasteiger partial charge is 0.335 e. The summed E-state index contributed by atoms with van der Waals surface area (Å²) >= 11 is 0. The predicted octanol–water partition coefficient (Wildman–Crippen LogP) is 2.89. The van der Waals surface area contributed by atoms with Crippen LogP contribution in [-0.4, -0.2) is 42.2 Å². The second kappa shape index (κ2) is 7.29. The lowest BCUT2D eigenvalue weighted by molar-refractivity contribution is 0.0696. The Labute approximate surface area is 120 Å². The van der Waals surface area contributed by atoms with E-state index in [1.807, 2.05) is 0 Å². The lowest BCUT2D eigenvalue weighted by atomic mass is 9.85. The lowest BCUT2D eigenvalue weighted by Gasteiger charge is -2.31. The first kappa shape index (κ1) is 14.9. The molecule has 1 aliphatic carbocycles. The highest BCUT2D eigenvalue weighted by molar-refractivity contribution is 5.87.